The van der Waals surface area contributed by atoms with E-state index in [1.54, 1.807) is 0 Å². The van der Waals surface area contributed by atoms with Crippen LogP contribution < -0.4 is 4.74 Å². The number of allylic oxidation sites excluding steroid dienone is 2. The molecule has 205 valence electrons. The van der Waals surface area contributed by atoms with Gasteiger partial charge in [0.25, 0.3) is 0 Å². The predicted molar refractivity (Wildman–Crippen MR) is 151 cm³/mol. The SMILES string of the molecule is CCC(C)(C)C(=O)/C=C(\O)C(C)(C)CC.Cc1[c-]c(Oc2cc3cc(C(C)C)[se]c3cn2)cc(C)c1.[Ir]. The Morgan fingerprint density at radius 2 is 1.70 bits per heavy atom. The number of carbonyl (C=O) groups excluding carboxylic acids is 1. The molecule has 3 aromatic rings. The fourth-order valence-electron chi connectivity index (χ4n) is 3.18. The largest absolute Gasteiger partial charge is 0 e. The molecule has 1 radical (unpaired) electrons. The van der Waals surface area contributed by atoms with Crippen molar-refractivity contribution in [3.8, 4) is 11.6 Å². The van der Waals surface area contributed by atoms with Crippen LogP contribution in [0.25, 0.3) is 9.65 Å². The molecule has 2 heterocycles. The summed E-state index contributed by atoms with van der Waals surface area (Å²) in [6, 6.07) is 11.6. The molecule has 37 heavy (non-hydrogen) atoms. The molecule has 0 atom stereocenters. The fourth-order valence-corrected chi connectivity index (χ4v) is 5.31. The minimum absolute atomic E-state index is 0. The number of aryl methyl sites for hydroxylation is 2. The van der Waals surface area contributed by atoms with Gasteiger partial charge in [0.15, 0.2) is 5.78 Å². The predicted octanol–water partition coefficient (Wildman–Crippen LogP) is 8.49. The summed E-state index contributed by atoms with van der Waals surface area (Å²) < 4.78 is 8.74. The monoisotopic (exact) mass is 749 g/mol. The van der Waals surface area contributed by atoms with E-state index in [2.05, 4.69) is 44.0 Å². The van der Waals surface area contributed by atoms with E-state index in [9.17, 15) is 9.90 Å². The maximum Gasteiger partial charge on any atom is 0 e. The summed E-state index contributed by atoms with van der Waals surface area (Å²) in [6.07, 6.45) is 4.95. The average Bonchev–Trinajstić information content (AvgIpc) is 3.22. The Kier molecular flexibility index (Phi) is 12.5. The van der Waals surface area contributed by atoms with E-state index in [1.807, 2.05) is 66.8 Å². The number of fused-ring (bicyclic) bond motifs is 1. The molecular weight excluding hydrogens is 706 g/mol. The summed E-state index contributed by atoms with van der Waals surface area (Å²) in [5, 5.41) is 11.1. The van der Waals surface area contributed by atoms with E-state index in [0.29, 0.717) is 26.3 Å². The summed E-state index contributed by atoms with van der Waals surface area (Å²) in [7, 11) is 0. The molecule has 2 aromatic heterocycles. The van der Waals surface area contributed by atoms with Crippen LogP contribution >= 0.6 is 0 Å². The number of rotatable bonds is 8. The van der Waals surface area contributed by atoms with Gasteiger partial charge in [0.05, 0.1) is 0 Å². The van der Waals surface area contributed by atoms with Crippen molar-refractivity contribution in [2.45, 2.75) is 88.0 Å². The van der Waals surface area contributed by atoms with Crippen molar-refractivity contribution < 1.29 is 34.7 Å². The quantitative estimate of drug-likeness (QED) is 0.109. The van der Waals surface area contributed by atoms with E-state index in [1.165, 1.54) is 25.7 Å². The van der Waals surface area contributed by atoms with Crippen molar-refractivity contribution in [3.05, 3.63) is 63.9 Å². The van der Waals surface area contributed by atoms with Crippen molar-refractivity contribution in [2.24, 2.45) is 10.8 Å². The molecule has 0 bridgehead atoms. The summed E-state index contributed by atoms with van der Waals surface area (Å²) in [5.41, 5.74) is 1.57. The summed E-state index contributed by atoms with van der Waals surface area (Å²) in [6.45, 7) is 20.2. The number of aromatic nitrogens is 1. The Morgan fingerprint density at radius 1 is 1.08 bits per heavy atom. The zero-order chi connectivity index (χ0) is 27.3. The number of nitrogens with zero attached hydrogens (tertiary/aromatic N) is 1. The summed E-state index contributed by atoms with van der Waals surface area (Å²) in [4.78, 5) is 16.3. The third-order valence-corrected chi connectivity index (χ3v) is 9.61. The van der Waals surface area contributed by atoms with Crippen molar-refractivity contribution in [3.63, 3.8) is 0 Å². The van der Waals surface area contributed by atoms with E-state index in [4.69, 9.17) is 4.74 Å². The molecule has 0 fully saturated rings. The zero-order valence-corrected chi connectivity index (χ0v) is 28.0. The zero-order valence-electron chi connectivity index (χ0n) is 23.9. The molecule has 0 spiro atoms. The molecule has 1 N–H and O–H groups in total. The first-order valence-corrected chi connectivity index (χ1v) is 14.4. The Morgan fingerprint density at radius 3 is 2.24 bits per heavy atom. The second-order valence-electron chi connectivity index (χ2n) is 11.0. The molecule has 0 saturated heterocycles. The Balaban J connectivity index is 0.000000384. The molecule has 0 aliphatic heterocycles. The molecule has 0 unspecified atom stereocenters. The van der Waals surface area contributed by atoms with E-state index in [0.717, 1.165) is 24.2 Å². The average molecular weight is 748 g/mol. The van der Waals surface area contributed by atoms with E-state index < -0.39 is 0 Å². The Bertz CT molecular complexity index is 1200. The molecule has 4 nitrogen and oxygen atoms in total. The van der Waals surface area contributed by atoms with E-state index in [-0.39, 0.29) is 42.5 Å². The number of aliphatic hydroxyl groups excluding tert-OH is 1. The van der Waals surface area contributed by atoms with Crippen LogP contribution in [0.15, 0.2) is 42.3 Å². The van der Waals surface area contributed by atoms with E-state index >= 15 is 0 Å². The second-order valence-corrected chi connectivity index (χ2v) is 13.4. The van der Waals surface area contributed by atoms with Crippen LogP contribution in [-0.4, -0.2) is 30.4 Å². The normalized spacial score (nSPS) is 12.1. The van der Waals surface area contributed by atoms with Crippen molar-refractivity contribution in [1.82, 2.24) is 4.98 Å². The van der Waals surface area contributed by atoms with Crippen LogP contribution in [0.2, 0.25) is 0 Å². The number of hydrogen-bond acceptors (Lipinski definition) is 4. The van der Waals surface area contributed by atoms with Crippen LogP contribution in [0.5, 0.6) is 11.6 Å². The van der Waals surface area contributed by atoms with Gasteiger partial charge >= 0.3 is 131 Å². The number of pyridine rings is 1. The maximum atomic E-state index is 11.8. The number of ether oxygens (including phenoxy) is 1. The standard InChI is InChI=1S/C18H18NOSe.C13H24O2.Ir/c1-11(2)16-8-14-9-18(19-10-17(14)21-16)20-15-6-12(3)5-13(4)7-15;1-7-12(3,4)10(14)9-11(15)13(5,6)8-2;/h5-6,8-11H,1-4H3;9,14H,7-8H2,1-6H3;/q-1;;/b;10-9-;. The number of benzene rings is 1. The first-order chi connectivity index (χ1) is 16.7. The van der Waals surface area contributed by atoms with Crippen LogP contribution in [0.1, 0.15) is 89.7 Å². The van der Waals surface area contributed by atoms with Gasteiger partial charge in [-0.1, -0.05) is 41.5 Å². The Hall–Kier alpha value is -1.71. The Labute approximate surface area is 243 Å². The van der Waals surface area contributed by atoms with Crippen LogP contribution in [0, 0.1) is 30.7 Å². The van der Waals surface area contributed by atoms with Crippen LogP contribution in [0.4, 0.5) is 0 Å². The fraction of sp³-hybridized carbons (Fsp3) is 0.484. The molecule has 0 aliphatic rings. The first kappa shape index (κ1) is 33.3. The van der Waals surface area contributed by atoms with Gasteiger partial charge in [0.1, 0.15) is 5.76 Å². The number of ketones is 1. The van der Waals surface area contributed by atoms with Gasteiger partial charge < -0.3 is 5.11 Å². The van der Waals surface area contributed by atoms with Crippen molar-refractivity contribution >= 4 is 29.9 Å². The minimum Gasteiger partial charge on any atom is 0 e. The van der Waals surface area contributed by atoms with Gasteiger partial charge in [-0.05, 0) is 12.8 Å². The van der Waals surface area contributed by atoms with Crippen LogP contribution in [0.3, 0.4) is 0 Å². The second kappa shape index (κ2) is 13.9. The van der Waals surface area contributed by atoms with Gasteiger partial charge in [-0.2, -0.15) is 0 Å². The topological polar surface area (TPSA) is 59.4 Å². The smallest absolute Gasteiger partial charge is 0 e. The summed E-state index contributed by atoms with van der Waals surface area (Å²) in [5.74, 6) is 2.18. The number of hydrogen-bond donors (Lipinski definition) is 1. The van der Waals surface area contributed by atoms with Crippen molar-refractivity contribution in [1.29, 1.82) is 0 Å². The maximum absolute atomic E-state index is 11.8. The number of carbonyl (C=O) groups is 1. The molecule has 1 aromatic carbocycles. The molecule has 0 saturated carbocycles. The summed E-state index contributed by atoms with van der Waals surface area (Å²) >= 11 is 0.418. The van der Waals surface area contributed by atoms with Crippen molar-refractivity contribution in [2.75, 3.05) is 0 Å². The van der Waals surface area contributed by atoms with Crippen LogP contribution in [-0.2, 0) is 24.9 Å². The van der Waals surface area contributed by atoms with Gasteiger partial charge in [-0.3, -0.25) is 4.79 Å². The third-order valence-electron chi connectivity index (χ3n) is 6.70. The van der Waals surface area contributed by atoms with Gasteiger partial charge in [-0.25, -0.2) is 0 Å². The molecule has 3 rings (SSSR count). The minimum atomic E-state index is -0.377. The third kappa shape index (κ3) is 9.52. The molecule has 0 amide bonds. The van der Waals surface area contributed by atoms with Gasteiger partial charge in [0, 0.05) is 37.0 Å². The molecular formula is C31H42IrNO3Se-. The number of aliphatic hydroxyl groups is 1. The van der Waals surface area contributed by atoms with Gasteiger partial charge in [0.2, 0.25) is 0 Å². The molecule has 0 aliphatic carbocycles. The molecule has 6 heteroatoms. The van der Waals surface area contributed by atoms with Gasteiger partial charge in [-0.15, -0.1) is 0 Å². The first-order valence-electron chi connectivity index (χ1n) is 12.7.